The molecule has 1 aliphatic rings. The van der Waals surface area contributed by atoms with Crippen LogP contribution in [-0.2, 0) is 11.2 Å². The molecule has 5 heteroatoms. The van der Waals surface area contributed by atoms with Crippen LogP contribution in [0, 0.1) is 5.82 Å². The van der Waals surface area contributed by atoms with Crippen molar-refractivity contribution in [2.24, 2.45) is 0 Å². The number of rotatable bonds is 6. The Morgan fingerprint density at radius 2 is 2.08 bits per heavy atom. The van der Waals surface area contributed by atoms with Crippen LogP contribution in [0.1, 0.15) is 46.6 Å². The number of halogens is 1. The maximum Gasteiger partial charge on any atom is 0.207 e. The van der Waals surface area contributed by atoms with E-state index >= 15 is 0 Å². The lowest BCUT2D eigenvalue weighted by atomic mass is 10.00. The molecular formula is C19H31FN2O2. The van der Waals surface area contributed by atoms with Crippen molar-refractivity contribution in [1.82, 2.24) is 10.2 Å². The predicted octanol–water partition coefficient (Wildman–Crippen LogP) is 3.39. The minimum absolute atomic E-state index is 0.238. The second kappa shape index (κ2) is 10.3. The average Bonchev–Trinajstić information content (AvgIpc) is 2.52. The maximum atomic E-state index is 13.6. The molecule has 0 saturated carbocycles. The molecule has 0 aliphatic carbocycles. The fourth-order valence-corrected chi connectivity index (χ4v) is 2.84. The third-order valence-corrected chi connectivity index (χ3v) is 3.94. The third-order valence-electron chi connectivity index (χ3n) is 3.94. The molecule has 1 unspecified atom stereocenters. The lowest BCUT2D eigenvalue weighted by Gasteiger charge is -2.37. The van der Waals surface area contributed by atoms with E-state index in [1.165, 1.54) is 6.07 Å². The Balaban J connectivity index is 0.000000413. The van der Waals surface area contributed by atoms with E-state index in [4.69, 9.17) is 4.74 Å². The molecular weight excluding hydrogens is 307 g/mol. The molecule has 0 saturated heterocycles. The van der Waals surface area contributed by atoms with Crippen LogP contribution in [0.2, 0.25) is 0 Å². The summed E-state index contributed by atoms with van der Waals surface area (Å²) in [6, 6.07) is 6.33. The van der Waals surface area contributed by atoms with Crippen molar-refractivity contribution >= 4 is 6.41 Å². The number of carbonyl (C=O) groups is 1. The summed E-state index contributed by atoms with van der Waals surface area (Å²) in [5.41, 5.74) is 0.994. The Morgan fingerprint density at radius 3 is 2.58 bits per heavy atom. The number of hydrogen-bond donors (Lipinski definition) is 1. The van der Waals surface area contributed by atoms with Gasteiger partial charge in [0.1, 0.15) is 6.61 Å². The van der Waals surface area contributed by atoms with Crippen molar-refractivity contribution in [1.29, 1.82) is 0 Å². The molecule has 1 amide bonds. The molecule has 24 heavy (non-hydrogen) atoms. The number of nitrogens with zero attached hydrogens (tertiary/aromatic N) is 1. The number of amides is 1. The summed E-state index contributed by atoms with van der Waals surface area (Å²) in [4.78, 5) is 12.0. The summed E-state index contributed by atoms with van der Waals surface area (Å²) in [7, 11) is 0. The molecule has 0 aromatic heterocycles. The quantitative estimate of drug-likeness (QED) is 0.809. The van der Waals surface area contributed by atoms with E-state index < -0.39 is 0 Å². The van der Waals surface area contributed by atoms with Gasteiger partial charge in [-0.1, -0.05) is 19.1 Å². The van der Waals surface area contributed by atoms with Crippen molar-refractivity contribution in [3.63, 3.8) is 0 Å². The molecule has 1 aliphatic heterocycles. The summed E-state index contributed by atoms with van der Waals surface area (Å²) >= 11 is 0. The first-order valence-electron chi connectivity index (χ1n) is 8.76. The zero-order chi connectivity index (χ0) is 18.1. The van der Waals surface area contributed by atoms with Gasteiger partial charge in [-0.25, -0.2) is 4.39 Å². The zero-order valence-corrected chi connectivity index (χ0v) is 15.5. The molecule has 1 aromatic carbocycles. The van der Waals surface area contributed by atoms with Crippen molar-refractivity contribution in [3.05, 3.63) is 29.6 Å². The number of fused-ring (bicyclic) bond motifs is 1. The van der Waals surface area contributed by atoms with Crippen LogP contribution in [0.4, 0.5) is 4.39 Å². The van der Waals surface area contributed by atoms with Gasteiger partial charge in [-0.2, -0.15) is 0 Å². The fourth-order valence-electron chi connectivity index (χ4n) is 2.84. The van der Waals surface area contributed by atoms with Crippen molar-refractivity contribution < 1.29 is 13.9 Å². The average molecular weight is 338 g/mol. The summed E-state index contributed by atoms with van der Waals surface area (Å²) in [5, 5.41) is 2.53. The minimum Gasteiger partial charge on any atom is -0.489 e. The molecule has 0 fully saturated rings. The molecule has 1 N–H and O–H groups in total. The van der Waals surface area contributed by atoms with E-state index in [0.717, 1.165) is 24.9 Å². The van der Waals surface area contributed by atoms with E-state index in [9.17, 15) is 9.18 Å². The smallest absolute Gasteiger partial charge is 0.207 e. The largest absolute Gasteiger partial charge is 0.489 e. The van der Waals surface area contributed by atoms with Gasteiger partial charge in [-0.3, -0.25) is 9.69 Å². The van der Waals surface area contributed by atoms with Gasteiger partial charge < -0.3 is 10.1 Å². The number of hydrogen-bond acceptors (Lipinski definition) is 3. The van der Waals surface area contributed by atoms with Crippen LogP contribution in [-0.4, -0.2) is 42.6 Å². The summed E-state index contributed by atoms with van der Waals surface area (Å²) < 4.78 is 19.2. The first kappa shape index (κ1) is 20.4. The van der Waals surface area contributed by atoms with Gasteiger partial charge in [-0.05, 0) is 58.7 Å². The Hall–Kier alpha value is -1.62. The Kier molecular flexibility index (Phi) is 8.76. The second-order valence-electron chi connectivity index (χ2n) is 6.67. The molecule has 0 spiro atoms. The Labute approximate surface area is 145 Å². The van der Waals surface area contributed by atoms with Crippen LogP contribution in [0.25, 0.3) is 0 Å². The van der Waals surface area contributed by atoms with Crippen molar-refractivity contribution in [3.8, 4) is 5.75 Å². The standard InChI is InChI=1S/C15H22FNO.C4H9NO/c1-4-8-17(11(2)3)13-9-12-6-5-7-14(16)15(12)18-10-13;1-4(2)5-3-6/h5-7,11,13H,4,8-10H2,1-3H3;3-4H,1-2H3,(H,5,6). The number of carbonyl (C=O) groups excluding carboxylic acids is 1. The lowest BCUT2D eigenvalue weighted by Crippen LogP contribution is -2.47. The SMILES string of the molecule is CC(C)NC=O.CCCN(C(C)C)C1COc2c(F)cccc2C1. The highest BCUT2D eigenvalue weighted by atomic mass is 19.1. The highest BCUT2D eigenvalue weighted by Gasteiger charge is 2.27. The third kappa shape index (κ3) is 6.11. The number of benzene rings is 1. The first-order chi connectivity index (χ1) is 11.4. The normalized spacial score (nSPS) is 16.3. The maximum absolute atomic E-state index is 13.6. The predicted molar refractivity (Wildman–Crippen MR) is 95.9 cm³/mol. The van der Waals surface area contributed by atoms with Gasteiger partial charge in [-0.15, -0.1) is 0 Å². The molecule has 1 atom stereocenters. The minimum atomic E-state index is -0.238. The van der Waals surface area contributed by atoms with Crippen LogP contribution in [0.3, 0.4) is 0 Å². The van der Waals surface area contributed by atoms with E-state index in [0.29, 0.717) is 30.9 Å². The summed E-state index contributed by atoms with van der Waals surface area (Å²) in [6.45, 7) is 12.1. The first-order valence-corrected chi connectivity index (χ1v) is 8.76. The Bertz CT molecular complexity index is 506. The number of ether oxygens (including phenoxy) is 1. The van der Waals surface area contributed by atoms with Crippen molar-refractivity contribution in [2.75, 3.05) is 13.2 Å². The molecule has 0 bridgehead atoms. The van der Waals surface area contributed by atoms with Crippen molar-refractivity contribution in [2.45, 2.75) is 65.6 Å². The molecule has 136 valence electrons. The van der Waals surface area contributed by atoms with Crippen LogP contribution in [0.5, 0.6) is 5.75 Å². The monoisotopic (exact) mass is 338 g/mol. The lowest BCUT2D eigenvalue weighted by molar-refractivity contribution is -0.109. The summed E-state index contributed by atoms with van der Waals surface area (Å²) in [5.74, 6) is 0.214. The molecule has 2 rings (SSSR count). The van der Waals surface area contributed by atoms with Gasteiger partial charge in [0, 0.05) is 18.1 Å². The fraction of sp³-hybridized carbons (Fsp3) is 0.632. The van der Waals surface area contributed by atoms with Gasteiger partial charge >= 0.3 is 0 Å². The van der Waals surface area contributed by atoms with Crippen LogP contribution < -0.4 is 10.1 Å². The number of nitrogens with one attached hydrogen (secondary N) is 1. The highest BCUT2D eigenvalue weighted by molar-refractivity contribution is 5.46. The number of para-hydroxylation sites is 1. The molecule has 1 aromatic rings. The topological polar surface area (TPSA) is 41.6 Å². The van der Waals surface area contributed by atoms with Gasteiger partial charge in [0.2, 0.25) is 6.41 Å². The molecule has 4 nitrogen and oxygen atoms in total. The van der Waals surface area contributed by atoms with E-state index in [1.54, 1.807) is 6.07 Å². The molecule has 1 heterocycles. The highest BCUT2D eigenvalue weighted by Crippen LogP contribution is 2.29. The van der Waals surface area contributed by atoms with E-state index in [2.05, 4.69) is 31.0 Å². The van der Waals surface area contributed by atoms with Crippen LogP contribution in [0.15, 0.2) is 18.2 Å². The van der Waals surface area contributed by atoms with Gasteiger partial charge in [0.05, 0.1) is 0 Å². The van der Waals surface area contributed by atoms with E-state index in [-0.39, 0.29) is 11.9 Å². The van der Waals surface area contributed by atoms with Gasteiger partial charge in [0.15, 0.2) is 11.6 Å². The second-order valence-corrected chi connectivity index (χ2v) is 6.67. The zero-order valence-electron chi connectivity index (χ0n) is 15.5. The Morgan fingerprint density at radius 1 is 1.38 bits per heavy atom. The van der Waals surface area contributed by atoms with Gasteiger partial charge in [0.25, 0.3) is 0 Å². The molecule has 0 radical (unpaired) electrons. The van der Waals surface area contributed by atoms with E-state index in [1.807, 2.05) is 19.9 Å². The summed E-state index contributed by atoms with van der Waals surface area (Å²) in [6.07, 6.45) is 2.71. The van der Waals surface area contributed by atoms with Crippen LogP contribution >= 0.6 is 0 Å².